The van der Waals surface area contributed by atoms with Crippen LogP contribution in [0.3, 0.4) is 0 Å². The molecule has 0 atom stereocenters. The second-order valence-electron chi connectivity index (χ2n) is 3.63. The summed E-state index contributed by atoms with van der Waals surface area (Å²) in [5.74, 6) is -1.06. The van der Waals surface area contributed by atoms with E-state index in [0.29, 0.717) is 5.56 Å². The Morgan fingerprint density at radius 2 is 1.88 bits per heavy atom. The van der Waals surface area contributed by atoms with E-state index >= 15 is 0 Å². The third-order valence-electron chi connectivity index (χ3n) is 2.03. The summed E-state index contributed by atoms with van der Waals surface area (Å²) in [6.45, 7) is -0.346. The number of primary amides is 1. The highest BCUT2D eigenvalue weighted by Crippen LogP contribution is 2.11. The Morgan fingerprint density at radius 1 is 1.29 bits per heavy atom. The zero-order valence-corrected chi connectivity index (χ0v) is 9.77. The lowest BCUT2D eigenvalue weighted by molar-refractivity contribution is -0.124. The minimum Gasteiger partial charge on any atom is -0.378 e. The Labute approximate surface area is 99.3 Å². The third kappa shape index (κ3) is 4.12. The van der Waals surface area contributed by atoms with Gasteiger partial charge in [0, 0.05) is 25.3 Å². The molecule has 17 heavy (non-hydrogen) atoms. The van der Waals surface area contributed by atoms with E-state index in [1.165, 1.54) is 0 Å². The Bertz CT molecular complexity index is 401. The van der Waals surface area contributed by atoms with E-state index in [9.17, 15) is 9.59 Å². The van der Waals surface area contributed by atoms with Gasteiger partial charge in [0.2, 0.25) is 5.91 Å². The average molecular weight is 237 g/mol. The Morgan fingerprint density at radius 3 is 2.35 bits per heavy atom. The molecule has 0 heterocycles. The van der Waals surface area contributed by atoms with Crippen molar-refractivity contribution in [2.45, 2.75) is 0 Å². The molecule has 0 aromatic heterocycles. The maximum atomic E-state index is 11.5. The minimum absolute atomic E-state index is 0.346. The molecule has 0 saturated heterocycles. The van der Waals surface area contributed by atoms with Gasteiger partial charge in [-0.05, 0) is 24.3 Å². The summed E-state index contributed by atoms with van der Waals surface area (Å²) >= 11 is 0. The fourth-order valence-electron chi connectivity index (χ4n) is 1.14. The average Bonchev–Trinajstić information content (AvgIpc) is 2.28. The molecule has 1 aromatic rings. The van der Waals surface area contributed by atoms with Crippen molar-refractivity contribution in [3.63, 3.8) is 0 Å². The van der Waals surface area contributed by atoms with Crippen molar-refractivity contribution in [1.29, 1.82) is 0 Å². The molecule has 0 radical (unpaired) electrons. The summed E-state index contributed by atoms with van der Waals surface area (Å²) < 4.78 is 0. The van der Waals surface area contributed by atoms with Crippen LogP contribution in [0.2, 0.25) is 0 Å². The summed E-state index contributed by atoms with van der Waals surface area (Å²) in [6.07, 6.45) is 0. The van der Waals surface area contributed by atoms with Crippen LogP contribution in [0.4, 0.5) is 5.69 Å². The number of carbonyl (C=O) groups is 2. The fourth-order valence-corrected chi connectivity index (χ4v) is 1.14. The highest BCUT2D eigenvalue weighted by Gasteiger charge is 2.06. The first-order chi connectivity index (χ1) is 8.00. The van der Waals surface area contributed by atoms with Gasteiger partial charge in [-0.15, -0.1) is 0 Å². The predicted octanol–water partition coefficient (Wildman–Crippen LogP) is -0.101. The van der Waals surface area contributed by atoms with Gasteiger partial charge in [-0.25, -0.2) is 5.48 Å². The summed E-state index contributed by atoms with van der Waals surface area (Å²) in [5.41, 5.74) is 8.41. The van der Waals surface area contributed by atoms with Crippen LogP contribution in [0.15, 0.2) is 24.3 Å². The molecule has 3 N–H and O–H groups in total. The largest absolute Gasteiger partial charge is 0.378 e. The lowest BCUT2D eigenvalue weighted by Crippen LogP contribution is -2.29. The fraction of sp³-hybridized carbons (Fsp3) is 0.273. The third-order valence-corrected chi connectivity index (χ3v) is 2.03. The summed E-state index contributed by atoms with van der Waals surface area (Å²) in [4.78, 5) is 28.4. The van der Waals surface area contributed by atoms with Gasteiger partial charge >= 0.3 is 0 Å². The Balaban J connectivity index is 2.54. The molecule has 0 bridgehead atoms. The first-order valence-electron chi connectivity index (χ1n) is 4.98. The maximum absolute atomic E-state index is 11.5. The van der Waals surface area contributed by atoms with Crippen molar-refractivity contribution >= 4 is 17.5 Å². The van der Waals surface area contributed by atoms with Crippen LogP contribution < -0.4 is 16.1 Å². The van der Waals surface area contributed by atoms with E-state index in [-0.39, 0.29) is 6.61 Å². The van der Waals surface area contributed by atoms with Crippen LogP contribution in [0.5, 0.6) is 0 Å². The molecule has 6 heteroatoms. The van der Waals surface area contributed by atoms with E-state index in [4.69, 9.17) is 5.73 Å². The number of nitrogens with zero attached hydrogens (tertiary/aromatic N) is 1. The van der Waals surface area contributed by atoms with E-state index < -0.39 is 11.8 Å². The Hall–Kier alpha value is -2.08. The first kappa shape index (κ1) is 13.0. The molecular formula is C11H15N3O3. The zero-order valence-electron chi connectivity index (χ0n) is 9.77. The molecule has 0 aliphatic rings. The molecule has 0 aliphatic heterocycles. The standard InChI is InChI=1S/C11H15N3O3/c1-14(2)9-5-3-8(4-6-9)11(16)13-17-7-10(12)15/h3-6H,7H2,1-2H3,(H2,12,15)(H,13,16). The highest BCUT2D eigenvalue weighted by atomic mass is 16.7. The van der Waals surface area contributed by atoms with Gasteiger partial charge in [0.25, 0.3) is 5.91 Å². The molecule has 0 saturated carbocycles. The van der Waals surface area contributed by atoms with Crippen LogP contribution >= 0.6 is 0 Å². The SMILES string of the molecule is CN(C)c1ccc(C(=O)NOCC(N)=O)cc1. The molecule has 6 nitrogen and oxygen atoms in total. The lowest BCUT2D eigenvalue weighted by Gasteiger charge is -2.12. The van der Waals surface area contributed by atoms with Crippen molar-refractivity contribution in [3.8, 4) is 0 Å². The van der Waals surface area contributed by atoms with Crippen molar-refractivity contribution in [2.75, 3.05) is 25.6 Å². The van der Waals surface area contributed by atoms with E-state index in [1.807, 2.05) is 31.1 Å². The normalized spacial score (nSPS) is 9.76. The van der Waals surface area contributed by atoms with Crippen LogP contribution in [0.1, 0.15) is 10.4 Å². The highest BCUT2D eigenvalue weighted by molar-refractivity contribution is 5.93. The molecule has 0 aliphatic carbocycles. The molecule has 2 amide bonds. The molecule has 1 rings (SSSR count). The number of nitrogens with one attached hydrogen (secondary N) is 1. The van der Waals surface area contributed by atoms with Gasteiger partial charge in [0.1, 0.15) is 0 Å². The maximum Gasteiger partial charge on any atom is 0.274 e. The van der Waals surface area contributed by atoms with Crippen LogP contribution in [0.25, 0.3) is 0 Å². The van der Waals surface area contributed by atoms with Gasteiger partial charge in [0.15, 0.2) is 6.61 Å². The topological polar surface area (TPSA) is 84.7 Å². The van der Waals surface area contributed by atoms with Crippen molar-refractivity contribution in [1.82, 2.24) is 5.48 Å². The van der Waals surface area contributed by atoms with Gasteiger partial charge in [0.05, 0.1) is 0 Å². The molecule has 0 spiro atoms. The van der Waals surface area contributed by atoms with E-state index in [2.05, 4.69) is 10.3 Å². The first-order valence-corrected chi connectivity index (χ1v) is 4.98. The van der Waals surface area contributed by atoms with Gasteiger partial charge in [-0.1, -0.05) is 0 Å². The smallest absolute Gasteiger partial charge is 0.274 e. The number of benzene rings is 1. The zero-order chi connectivity index (χ0) is 12.8. The second-order valence-corrected chi connectivity index (χ2v) is 3.63. The molecular weight excluding hydrogens is 222 g/mol. The molecule has 92 valence electrons. The van der Waals surface area contributed by atoms with E-state index in [1.54, 1.807) is 12.1 Å². The quantitative estimate of drug-likeness (QED) is 0.700. The minimum atomic E-state index is -0.645. The summed E-state index contributed by atoms with van der Waals surface area (Å²) in [5, 5.41) is 0. The number of hydrogen-bond donors (Lipinski definition) is 2. The number of anilines is 1. The Kier molecular flexibility index (Phi) is 4.47. The van der Waals surface area contributed by atoms with Crippen molar-refractivity contribution in [2.24, 2.45) is 5.73 Å². The van der Waals surface area contributed by atoms with Crippen LogP contribution in [-0.4, -0.2) is 32.5 Å². The van der Waals surface area contributed by atoms with Gasteiger partial charge in [-0.2, -0.15) is 0 Å². The van der Waals surface area contributed by atoms with Crippen molar-refractivity contribution < 1.29 is 14.4 Å². The number of carbonyl (C=O) groups excluding carboxylic acids is 2. The molecule has 0 fully saturated rings. The summed E-state index contributed by atoms with van der Waals surface area (Å²) in [6, 6.07) is 6.95. The van der Waals surface area contributed by atoms with Gasteiger partial charge < -0.3 is 10.6 Å². The molecule has 1 aromatic carbocycles. The lowest BCUT2D eigenvalue weighted by atomic mass is 10.2. The monoisotopic (exact) mass is 237 g/mol. The number of amides is 2. The number of rotatable bonds is 5. The second kappa shape index (κ2) is 5.86. The number of hydrogen-bond acceptors (Lipinski definition) is 4. The number of hydroxylamine groups is 1. The van der Waals surface area contributed by atoms with E-state index in [0.717, 1.165) is 5.69 Å². The summed E-state index contributed by atoms with van der Waals surface area (Å²) in [7, 11) is 3.82. The molecule has 0 unspecified atom stereocenters. The van der Waals surface area contributed by atoms with Crippen LogP contribution in [-0.2, 0) is 9.63 Å². The number of nitrogens with two attached hydrogens (primary N) is 1. The van der Waals surface area contributed by atoms with Crippen LogP contribution in [0, 0.1) is 0 Å². The van der Waals surface area contributed by atoms with Crippen molar-refractivity contribution in [3.05, 3.63) is 29.8 Å². The van der Waals surface area contributed by atoms with Gasteiger partial charge in [-0.3, -0.25) is 14.4 Å². The predicted molar refractivity (Wildman–Crippen MR) is 63.4 cm³/mol.